The van der Waals surface area contributed by atoms with Crippen molar-refractivity contribution in [1.29, 1.82) is 0 Å². The largest absolute Gasteiger partial charge is 0.321 e. The molecule has 3 aromatic rings. The van der Waals surface area contributed by atoms with Crippen LogP contribution in [0.15, 0.2) is 59.5 Å². The van der Waals surface area contributed by atoms with Crippen LogP contribution in [0.25, 0.3) is 0 Å². The highest BCUT2D eigenvalue weighted by Gasteiger charge is 2.17. The van der Waals surface area contributed by atoms with Gasteiger partial charge in [-0.15, -0.1) is 11.3 Å². The predicted molar refractivity (Wildman–Crippen MR) is 115 cm³/mol. The molecule has 3 rings (SSSR count). The molecule has 0 unspecified atom stereocenters. The Morgan fingerprint density at radius 3 is 2.54 bits per heavy atom. The van der Waals surface area contributed by atoms with Gasteiger partial charge in [0.25, 0.3) is 15.9 Å². The van der Waals surface area contributed by atoms with Crippen LogP contribution in [0.3, 0.4) is 0 Å². The van der Waals surface area contributed by atoms with Gasteiger partial charge in [0.05, 0.1) is 20.5 Å². The zero-order valence-corrected chi connectivity index (χ0v) is 17.7. The van der Waals surface area contributed by atoms with E-state index in [1.54, 1.807) is 36.4 Å². The lowest BCUT2D eigenvalue weighted by molar-refractivity contribution is 0.103. The van der Waals surface area contributed by atoms with Gasteiger partial charge in [-0.25, -0.2) is 8.42 Å². The van der Waals surface area contributed by atoms with Crippen molar-refractivity contribution in [2.75, 3.05) is 10.0 Å². The molecule has 0 aliphatic carbocycles. The molecule has 28 heavy (non-hydrogen) atoms. The molecule has 0 fully saturated rings. The SMILES string of the molecule is CCc1sc(C(=O)Nc2cccc(S(=O)(=O)Nc3ccccc3Cl)c2)cc1C. The van der Waals surface area contributed by atoms with Gasteiger partial charge in [0.15, 0.2) is 0 Å². The molecule has 0 bridgehead atoms. The normalized spacial score (nSPS) is 11.2. The van der Waals surface area contributed by atoms with E-state index in [1.165, 1.54) is 23.5 Å². The quantitative estimate of drug-likeness (QED) is 0.550. The number of hydrogen-bond acceptors (Lipinski definition) is 4. The van der Waals surface area contributed by atoms with Crippen LogP contribution >= 0.6 is 22.9 Å². The minimum atomic E-state index is -3.85. The van der Waals surface area contributed by atoms with E-state index in [9.17, 15) is 13.2 Å². The van der Waals surface area contributed by atoms with E-state index in [0.29, 0.717) is 21.3 Å². The van der Waals surface area contributed by atoms with Crippen LogP contribution in [-0.4, -0.2) is 14.3 Å². The molecule has 1 aromatic heterocycles. The molecule has 0 aliphatic heterocycles. The fourth-order valence-corrected chi connectivity index (χ4v) is 5.04. The van der Waals surface area contributed by atoms with Gasteiger partial charge < -0.3 is 5.32 Å². The van der Waals surface area contributed by atoms with Gasteiger partial charge >= 0.3 is 0 Å². The van der Waals surface area contributed by atoms with Crippen LogP contribution in [0.4, 0.5) is 11.4 Å². The Kier molecular flexibility index (Phi) is 6.07. The topological polar surface area (TPSA) is 75.3 Å². The smallest absolute Gasteiger partial charge is 0.265 e. The highest BCUT2D eigenvalue weighted by molar-refractivity contribution is 7.92. The van der Waals surface area contributed by atoms with E-state index in [1.807, 2.05) is 19.9 Å². The lowest BCUT2D eigenvalue weighted by Crippen LogP contribution is -2.14. The summed E-state index contributed by atoms with van der Waals surface area (Å²) in [7, 11) is -3.85. The van der Waals surface area contributed by atoms with Crippen LogP contribution < -0.4 is 10.0 Å². The number of benzene rings is 2. The molecular weight excluding hydrogens is 416 g/mol. The first-order valence-corrected chi connectivity index (χ1v) is 11.3. The summed E-state index contributed by atoms with van der Waals surface area (Å²) in [4.78, 5) is 14.3. The van der Waals surface area contributed by atoms with Gasteiger partial charge in [0, 0.05) is 10.6 Å². The molecule has 0 aliphatic rings. The van der Waals surface area contributed by atoms with Crippen molar-refractivity contribution < 1.29 is 13.2 Å². The third kappa shape index (κ3) is 4.55. The van der Waals surface area contributed by atoms with E-state index >= 15 is 0 Å². The molecule has 1 heterocycles. The first kappa shape index (κ1) is 20.4. The van der Waals surface area contributed by atoms with Crippen molar-refractivity contribution in [1.82, 2.24) is 0 Å². The maximum Gasteiger partial charge on any atom is 0.265 e. The van der Waals surface area contributed by atoms with Crippen molar-refractivity contribution >= 4 is 50.2 Å². The van der Waals surface area contributed by atoms with Crippen molar-refractivity contribution in [3.05, 3.63) is 74.9 Å². The highest BCUT2D eigenvalue weighted by atomic mass is 35.5. The molecule has 0 spiro atoms. The molecule has 0 radical (unpaired) electrons. The number of carbonyl (C=O) groups is 1. The van der Waals surface area contributed by atoms with Gasteiger partial charge in [-0.3, -0.25) is 9.52 Å². The third-order valence-electron chi connectivity index (χ3n) is 4.09. The Labute approximate surface area is 173 Å². The number of anilines is 2. The van der Waals surface area contributed by atoms with Crippen molar-refractivity contribution in [3.8, 4) is 0 Å². The number of hydrogen-bond donors (Lipinski definition) is 2. The molecule has 2 aromatic carbocycles. The van der Waals surface area contributed by atoms with Gasteiger partial charge in [-0.05, 0) is 55.3 Å². The fraction of sp³-hybridized carbons (Fsp3) is 0.150. The molecule has 0 atom stereocenters. The van der Waals surface area contributed by atoms with E-state index in [-0.39, 0.29) is 10.8 Å². The summed E-state index contributed by atoms with van der Waals surface area (Å²) >= 11 is 7.47. The predicted octanol–water partition coefficient (Wildman–Crippen LogP) is 5.33. The number of sulfonamides is 1. The molecule has 146 valence electrons. The second-order valence-corrected chi connectivity index (χ2v) is 9.36. The minimum Gasteiger partial charge on any atom is -0.321 e. The van der Waals surface area contributed by atoms with E-state index < -0.39 is 10.0 Å². The molecule has 0 saturated carbocycles. The van der Waals surface area contributed by atoms with E-state index in [4.69, 9.17) is 11.6 Å². The minimum absolute atomic E-state index is 0.0295. The van der Waals surface area contributed by atoms with Crippen LogP contribution in [0, 0.1) is 6.92 Å². The van der Waals surface area contributed by atoms with E-state index in [0.717, 1.165) is 16.9 Å². The summed E-state index contributed by atoms with van der Waals surface area (Å²) in [6.07, 6.45) is 0.866. The van der Waals surface area contributed by atoms with Crippen molar-refractivity contribution in [2.24, 2.45) is 0 Å². The zero-order valence-electron chi connectivity index (χ0n) is 15.3. The number of thiophene rings is 1. The first-order chi connectivity index (χ1) is 13.3. The Balaban J connectivity index is 1.81. The van der Waals surface area contributed by atoms with Crippen LogP contribution in [0.2, 0.25) is 5.02 Å². The standard InChI is InChI=1S/C20H19ClN2O3S2/c1-3-18-13(2)11-19(27-18)20(24)22-14-7-6-8-15(12-14)28(25,26)23-17-10-5-4-9-16(17)21/h4-12,23H,3H2,1-2H3,(H,22,24). The van der Waals surface area contributed by atoms with Crippen molar-refractivity contribution in [2.45, 2.75) is 25.2 Å². The Morgan fingerprint density at radius 1 is 1.11 bits per heavy atom. The number of rotatable bonds is 6. The number of para-hydroxylation sites is 1. The summed E-state index contributed by atoms with van der Waals surface area (Å²) in [5.74, 6) is -0.263. The van der Waals surface area contributed by atoms with Gasteiger partial charge in [-0.1, -0.05) is 36.7 Å². The summed E-state index contributed by atoms with van der Waals surface area (Å²) in [5, 5.41) is 3.07. The monoisotopic (exact) mass is 434 g/mol. The number of nitrogens with one attached hydrogen (secondary N) is 2. The molecule has 1 amide bonds. The maximum absolute atomic E-state index is 12.7. The average Bonchev–Trinajstić information content (AvgIpc) is 3.05. The fourth-order valence-electron chi connectivity index (χ4n) is 2.66. The van der Waals surface area contributed by atoms with Gasteiger partial charge in [-0.2, -0.15) is 0 Å². The summed E-state index contributed by atoms with van der Waals surface area (Å²) in [5.41, 5.74) is 1.77. The average molecular weight is 435 g/mol. The van der Waals surface area contributed by atoms with Gasteiger partial charge in [0.2, 0.25) is 0 Å². The van der Waals surface area contributed by atoms with Crippen LogP contribution in [-0.2, 0) is 16.4 Å². The van der Waals surface area contributed by atoms with Gasteiger partial charge in [0.1, 0.15) is 0 Å². The molecule has 0 saturated heterocycles. The number of amides is 1. The summed E-state index contributed by atoms with van der Waals surface area (Å²) in [6.45, 7) is 4.01. The lowest BCUT2D eigenvalue weighted by atomic mass is 10.2. The molecular formula is C20H19ClN2O3S2. The Bertz CT molecular complexity index is 1120. The van der Waals surface area contributed by atoms with Crippen molar-refractivity contribution in [3.63, 3.8) is 0 Å². The van der Waals surface area contributed by atoms with Crippen LogP contribution in [0.1, 0.15) is 27.0 Å². The zero-order chi connectivity index (χ0) is 20.3. The number of carbonyl (C=O) groups excluding carboxylic acids is 1. The molecule has 5 nitrogen and oxygen atoms in total. The second kappa shape index (κ2) is 8.34. The summed E-state index contributed by atoms with van der Waals surface area (Å²) < 4.78 is 27.8. The lowest BCUT2D eigenvalue weighted by Gasteiger charge is -2.11. The summed E-state index contributed by atoms with van der Waals surface area (Å²) in [6, 6.07) is 14.5. The molecule has 2 N–H and O–H groups in total. The number of halogens is 1. The first-order valence-electron chi connectivity index (χ1n) is 8.58. The highest BCUT2D eigenvalue weighted by Crippen LogP contribution is 2.26. The Hall–Kier alpha value is -2.35. The molecule has 8 heteroatoms. The second-order valence-electron chi connectivity index (χ2n) is 6.14. The third-order valence-corrected chi connectivity index (χ3v) is 7.16. The van der Waals surface area contributed by atoms with E-state index in [2.05, 4.69) is 10.0 Å². The Morgan fingerprint density at radius 2 is 1.86 bits per heavy atom. The van der Waals surface area contributed by atoms with Crippen LogP contribution in [0.5, 0.6) is 0 Å². The maximum atomic E-state index is 12.7. The number of aryl methyl sites for hydroxylation is 2.